The Morgan fingerprint density at radius 1 is 1.47 bits per heavy atom. The minimum absolute atomic E-state index is 0.0961. The van der Waals surface area contributed by atoms with Crippen LogP contribution in [0.2, 0.25) is 0 Å². The van der Waals surface area contributed by atoms with Crippen molar-refractivity contribution in [1.82, 2.24) is 10.2 Å². The second kappa shape index (κ2) is 5.60. The van der Waals surface area contributed by atoms with Crippen molar-refractivity contribution in [2.75, 3.05) is 24.1 Å². The van der Waals surface area contributed by atoms with Gasteiger partial charge in [-0.25, -0.2) is 4.79 Å². The van der Waals surface area contributed by atoms with E-state index in [1.807, 2.05) is 6.92 Å². The molecule has 1 aliphatic heterocycles. The average Bonchev–Trinajstić information content (AvgIpc) is 2.41. The van der Waals surface area contributed by atoms with E-state index in [0.717, 1.165) is 0 Å². The lowest BCUT2D eigenvalue weighted by atomic mass is 10.1. The van der Waals surface area contributed by atoms with Crippen LogP contribution >= 0.6 is 0 Å². The van der Waals surface area contributed by atoms with E-state index in [-0.39, 0.29) is 11.9 Å². The van der Waals surface area contributed by atoms with Crippen molar-refractivity contribution in [3.05, 3.63) is 24.3 Å². The van der Waals surface area contributed by atoms with Crippen LogP contribution in [0.15, 0.2) is 24.3 Å². The SMILES string of the molecule is CCC1C(=O)NCCN1C(=O)Nc1ccc(N)cc1. The van der Waals surface area contributed by atoms with Crippen LogP contribution in [0, 0.1) is 0 Å². The highest BCUT2D eigenvalue weighted by Crippen LogP contribution is 2.14. The predicted molar refractivity (Wildman–Crippen MR) is 73.7 cm³/mol. The molecule has 6 heteroatoms. The van der Waals surface area contributed by atoms with E-state index in [9.17, 15) is 9.59 Å². The lowest BCUT2D eigenvalue weighted by Crippen LogP contribution is -2.57. The minimum Gasteiger partial charge on any atom is -0.399 e. The van der Waals surface area contributed by atoms with E-state index < -0.39 is 6.04 Å². The topological polar surface area (TPSA) is 87.5 Å². The number of anilines is 2. The smallest absolute Gasteiger partial charge is 0.322 e. The molecule has 1 saturated heterocycles. The van der Waals surface area contributed by atoms with E-state index in [0.29, 0.717) is 30.9 Å². The van der Waals surface area contributed by atoms with E-state index >= 15 is 0 Å². The van der Waals surface area contributed by atoms with Crippen LogP contribution in [0.4, 0.5) is 16.2 Å². The van der Waals surface area contributed by atoms with Crippen LogP contribution in [-0.4, -0.2) is 36.0 Å². The third-order valence-electron chi connectivity index (χ3n) is 3.14. The lowest BCUT2D eigenvalue weighted by molar-refractivity contribution is -0.127. The van der Waals surface area contributed by atoms with Gasteiger partial charge in [0.1, 0.15) is 6.04 Å². The first-order valence-electron chi connectivity index (χ1n) is 6.32. The van der Waals surface area contributed by atoms with Crippen molar-refractivity contribution in [2.24, 2.45) is 0 Å². The Kier molecular flexibility index (Phi) is 3.89. The number of rotatable bonds is 2. The molecule has 3 amide bonds. The summed E-state index contributed by atoms with van der Waals surface area (Å²) >= 11 is 0. The van der Waals surface area contributed by atoms with Crippen molar-refractivity contribution < 1.29 is 9.59 Å². The maximum absolute atomic E-state index is 12.2. The van der Waals surface area contributed by atoms with Crippen molar-refractivity contribution >= 4 is 23.3 Å². The molecular formula is C13H18N4O2. The van der Waals surface area contributed by atoms with Crippen LogP contribution < -0.4 is 16.4 Å². The van der Waals surface area contributed by atoms with E-state index in [1.54, 1.807) is 29.2 Å². The first kappa shape index (κ1) is 13.2. The standard InChI is InChI=1S/C13H18N4O2/c1-2-11-12(18)15-7-8-17(11)13(19)16-10-5-3-9(14)4-6-10/h3-6,11H,2,7-8,14H2,1H3,(H,15,18)(H,16,19). The number of nitrogens with two attached hydrogens (primary N) is 1. The van der Waals surface area contributed by atoms with Gasteiger partial charge in [0.2, 0.25) is 5.91 Å². The Labute approximate surface area is 112 Å². The molecule has 1 aliphatic rings. The summed E-state index contributed by atoms with van der Waals surface area (Å²) in [5.74, 6) is -0.0961. The summed E-state index contributed by atoms with van der Waals surface area (Å²) in [5.41, 5.74) is 6.89. The fourth-order valence-corrected chi connectivity index (χ4v) is 2.13. The monoisotopic (exact) mass is 262 g/mol. The number of urea groups is 1. The van der Waals surface area contributed by atoms with Gasteiger partial charge in [0.05, 0.1) is 0 Å². The number of carbonyl (C=O) groups excluding carboxylic acids is 2. The Hall–Kier alpha value is -2.24. The molecule has 19 heavy (non-hydrogen) atoms. The van der Waals surface area contributed by atoms with Crippen molar-refractivity contribution in [3.8, 4) is 0 Å². The molecule has 2 rings (SSSR count). The van der Waals surface area contributed by atoms with E-state index in [1.165, 1.54) is 0 Å². The summed E-state index contributed by atoms with van der Waals surface area (Å²) in [5, 5.41) is 5.54. The molecule has 0 spiro atoms. The zero-order valence-electron chi connectivity index (χ0n) is 10.8. The molecule has 0 aliphatic carbocycles. The zero-order chi connectivity index (χ0) is 13.8. The second-order valence-corrected chi connectivity index (χ2v) is 4.46. The number of nitrogens with one attached hydrogen (secondary N) is 2. The number of piperazine rings is 1. The summed E-state index contributed by atoms with van der Waals surface area (Å²) < 4.78 is 0. The third-order valence-corrected chi connectivity index (χ3v) is 3.14. The maximum Gasteiger partial charge on any atom is 0.322 e. The summed E-state index contributed by atoms with van der Waals surface area (Å²) in [4.78, 5) is 25.4. The van der Waals surface area contributed by atoms with E-state index in [2.05, 4.69) is 10.6 Å². The molecule has 102 valence electrons. The number of amides is 3. The molecule has 1 fully saturated rings. The summed E-state index contributed by atoms with van der Waals surface area (Å²) in [6.45, 7) is 2.90. The molecule has 1 unspecified atom stereocenters. The van der Waals surface area contributed by atoms with Gasteiger partial charge in [0, 0.05) is 24.5 Å². The molecule has 0 saturated carbocycles. The molecule has 0 radical (unpaired) electrons. The van der Waals surface area contributed by atoms with Crippen LogP contribution in [0.25, 0.3) is 0 Å². The van der Waals surface area contributed by atoms with Gasteiger partial charge in [-0.1, -0.05) is 6.92 Å². The van der Waals surface area contributed by atoms with Crippen LogP contribution in [0.1, 0.15) is 13.3 Å². The molecule has 0 bridgehead atoms. The first-order valence-corrected chi connectivity index (χ1v) is 6.32. The fraction of sp³-hybridized carbons (Fsp3) is 0.385. The molecule has 6 nitrogen and oxygen atoms in total. The molecule has 4 N–H and O–H groups in total. The summed E-state index contributed by atoms with van der Waals surface area (Å²) in [7, 11) is 0. The van der Waals surface area contributed by atoms with Gasteiger partial charge in [-0.05, 0) is 30.7 Å². The highest BCUT2D eigenvalue weighted by molar-refractivity contribution is 5.94. The number of hydrogen-bond acceptors (Lipinski definition) is 3. The molecule has 1 aromatic rings. The van der Waals surface area contributed by atoms with E-state index in [4.69, 9.17) is 5.73 Å². The van der Waals surface area contributed by atoms with Gasteiger partial charge in [0.15, 0.2) is 0 Å². The largest absolute Gasteiger partial charge is 0.399 e. The predicted octanol–water partition coefficient (Wildman–Crippen LogP) is 1.01. The van der Waals surface area contributed by atoms with Gasteiger partial charge in [-0.3, -0.25) is 4.79 Å². The zero-order valence-corrected chi connectivity index (χ0v) is 10.8. The van der Waals surface area contributed by atoms with Gasteiger partial charge in [0.25, 0.3) is 0 Å². The third kappa shape index (κ3) is 2.96. The van der Waals surface area contributed by atoms with Crippen molar-refractivity contribution in [3.63, 3.8) is 0 Å². The minimum atomic E-state index is -0.400. The van der Waals surface area contributed by atoms with Crippen LogP contribution in [-0.2, 0) is 4.79 Å². The number of carbonyl (C=O) groups is 2. The number of nitrogens with zero attached hydrogens (tertiary/aromatic N) is 1. The van der Waals surface area contributed by atoms with Gasteiger partial charge in [-0.15, -0.1) is 0 Å². The summed E-state index contributed by atoms with van der Waals surface area (Å²) in [6.07, 6.45) is 0.598. The average molecular weight is 262 g/mol. The Bertz CT molecular complexity index is 472. The first-order chi connectivity index (χ1) is 9.11. The maximum atomic E-state index is 12.2. The molecule has 1 aromatic carbocycles. The Morgan fingerprint density at radius 2 is 2.16 bits per heavy atom. The summed E-state index contributed by atoms with van der Waals surface area (Å²) in [6, 6.07) is 6.25. The molecule has 1 heterocycles. The number of nitrogen functional groups attached to an aromatic ring is 1. The highest BCUT2D eigenvalue weighted by atomic mass is 16.2. The normalized spacial score (nSPS) is 18.9. The number of benzene rings is 1. The molecule has 0 aromatic heterocycles. The van der Waals surface area contributed by atoms with Crippen molar-refractivity contribution in [1.29, 1.82) is 0 Å². The lowest BCUT2D eigenvalue weighted by Gasteiger charge is -2.34. The van der Waals surface area contributed by atoms with Gasteiger partial charge < -0.3 is 21.3 Å². The second-order valence-electron chi connectivity index (χ2n) is 4.46. The van der Waals surface area contributed by atoms with Gasteiger partial charge >= 0.3 is 6.03 Å². The fourth-order valence-electron chi connectivity index (χ4n) is 2.13. The van der Waals surface area contributed by atoms with Crippen LogP contribution in [0.3, 0.4) is 0 Å². The molecular weight excluding hydrogens is 244 g/mol. The molecule has 1 atom stereocenters. The Morgan fingerprint density at radius 3 is 2.79 bits per heavy atom. The Balaban J connectivity index is 2.06. The quantitative estimate of drug-likeness (QED) is 0.695. The highest BCUT2D eigenvalue weighted by Gasteiger charge is 2.31. The van der Waals surface area contributed by atoms with Crippen LogP contribution in [0.5, 0.6) is 0 Å². The van der Waals surface area contributed by atoms with Gasteiger partial charge in [-0.2, -0.15) is 0 Å². The number of hydrogen-bond donors (Lipinski definition) is 3. The van der Waals surface area contributed by atoms with Crippen molar-refractivity contribution in [2.45, 2.75) is 19.4 Å².